The van der Waals surface area contributed by atoms with Gasteiger partial charge < -0.3 is 15.5 Å². The second-order valence-electron chi connectivity index (χ2n) is 5.55. The van der Waals surface area contributed by atoms with Crippen LogP contribution in [0.25, 0.3) is 0 Å². The molecule has 0 aliphatic carbocycles. The maximum absolute atomic E-state index is 4.62. The van der Waals surface area contributed by atoms with Crippen molar-refractivity contribution in [3.8, 4) is 0 Å². The van der Waals surface area contributed by atoms with E-state index >= 15 is 0 Å². The highest BCUT2D eigenvalue weighted by atomic mass is 127. The van der Waals surface area contributed by atoms with Crippen molar-refractivity contribution in [3.63, 3.8) is 0 Å². The van der Waals surface area contributed by atoms with E-state index in [9.17, 15) is 0 Å². The van der Waals surface area contributed by atoms with Gasteiger partial charge in [0.15, 0.2) is 5.96 Å². The first-order valence-corrected chi connectivity index (χ1v) is 9.09. The summed E-state index contributed by atoms with van der Waals surface area (Å²) in [7, 11) is 1.81. The van der Waals surface area contributed by atoms with E-state index in [1.807, 2.05) is 0 Å². The number of hydrogen-bond donors (Lipinski definition) is 2. The number of nitrogens with one attached hydrogen (secondary N) is 2. The van der Waals surface area contributed by atoms with Crippen molar-refractivity contribution in [1.29, 1.82) is 0 Å². The normalized spacial score (nSPS) is 11.7. The summed E-state index contributed by atoms with van der Waals surface area (Å²) in [4.78, 5) is 11.3. The van der Waals surface area contributed by atoms with Crippen LogP contribution >= 0.6 is 35.3 Å². The van der Waals surface area contributed by atoms with Gasteiger partial charge in [-0.1, -0.05) is 27.7 Å². The molecule has 0 saturated carbocycles. The second-order valence-corrected chi connectivity index (χ2v) is 6.50. The molecule has 0 atom stereocenters. The predicted octanol–water partition coefficient (Wildman–Crippen LogP) is 3.28. The maximum atomic E-state index is 4.62. The van der Waals surface area contributed by atoms with Crippen molar-refractivity contribution < 1.29 is 0 Å². The van der Waals surface area contributed by atoms with Gasteiger partial charge in [0.1, 0.15) is 5.01 Å². The molecule has 1 heterocycles. The number of aromatic nitrogens is 1. The average Bonchev–Trinajstić information content (AvgIpc) is 2.99. The Kier molecular flexibility index (Phi) is 12.7. The summed E-state index contributed by atoms with van der Waals surface area (Å²) in [5.41, 5.74) is 1.17. The van der Waals surface area contributed by atoms with Crippen molar-refractivity contribution in [3.05, 3.63) is 16.1 Å². The molecule has 0 radical (unpaired) electrons. The second kappa shape index (κ2) is 12.9. The smallest absolute Gasteiger partial charge is 0.191 e. The number of halogens is 1. The van der Waals surface area contributed by atoms with Gasteiger partial charge >= 0.3 is 0 Å². The highest BCUT2D eigenvalue weighted by molar-refractivity contribution is 14.0. The summed E-state index contributed by atoms with van der Waals surface area (Å²) in [6.45, 7) is 13.8. The molecule has 0 fully saturated rings. The van der Waals surface area contributed by atoms with Gasteiger partial charge in [0.05, 0.1) is 12.2 Å². The van der Waals surface area contributed by atoms with Crippen LogP contribution in [0.4, 0.5) is 0 Å². The third-order valence-electron chi connectivity index (χ3n) is 3.63. The van der Waals surface area contributed by atoms with Crippen LogP contribution < -0.4 is 10.6 Å². The topological polar surface area (TPSA) is 52.5 Å². The average molecular weight is 453 g/mol. The van der Waals surface area contributed by atoms with Gasteiger partial charge in [0.25, 0.3) is 0 Å². The summed E-state index contributed by atoms with van der Waals surface area (Å²) in [5, 5.41) is 9.94. The summed E-state index contributed by atoms with van der Waals surface area (Å²) in [5.74, 6) is 1.34. The van der Waals surface area contributed by atoms with E-state index in [1.165, 1.54) is 5.69 Å². The van der Waals surface area contributed by atoms with E-state index < -0.39 is 0 Å². The predicted molar refractivity (Wildman–Crippen MR) is 112 cm³/mol. The first-order valence-electron chi connectivity index (χ1n) is 8.21. The number of hydrogen-bond acceptors (Lipinski definition) is 4. The third-order valence-corrected chi connectivity index (χ3v) is 4.50. The van der Waals surface area contributed by atoms with E-state index in [0.29, 0.717) is 5.92 Å². The number of nitrogens with zero attached hydrogens (tertiary/aromatic N) is 3. The highest BCUT2D eigenvalue weighted by Crippen LogP contribution is 2.17. The molecule has 0 aromatic carbocycles. The summed E-state index contributed by atoms with van der Waals surface area (Å²) >= 11 is 1.71. The molecule has 23 heavy (non-hydrogen) atoms. The lowest BCUT2D eigenvalue weighted by Gasteiger charge is -2.18. The molecule has 134 valence electrons. The van der Waals surface area contributed by atoms with Crippen LogP contribution in [0.3, 0.4) is 0 Å². The van der Waals surface area contributed by atoms with Crippen molar-refractivity contribution in [1.82, 2.24) is 20.5 Å². The lowest BCUT2D eigenvalue weighted by Crippen LogP contribution is -2.38. The molecular weight excluding hydrogens is 421 g/mol. The van der Waals surface area contributed by atoms with Crippen LogP contribution in [-0.2, 0) is 6.54 Å². The third kappa shape index (κ3) is 8.85. The molecule has 0 bridgehead atoms. The molecule has 0 unspecified atom stereocenters. The molecule has 1 aromatic heterocycles. The molecule has 7 heteroatoms. The minimum Gasteiger partial charge on any atom is -0.356 e. The molecule has 2 N–H and O–H groups in total. The minimum atomic E-state index is 0. The van der Waals surface area contributed by atoms with Gasteiger partial charge in [-0.25, -0.2) is 4.98 Å². The van der Waals surface area contributed by atoms with Crippen LogP contribution in [0, 0.1) is 0 Å². The van der Waals surface area contributed by atoms with Crippen molar-refractivity contribution in [2.75, 3.05) is 33.2 Å². The number of thiazole rings is 1. The Balaban J connectivity index is 0.00000484. The fourth-order valence-electron chi connectivity index (χ4n) is 2.10. The lowest BCUT2D eigenvalue weighted by atomic mass is 10.2. The molecule has 5 nitrogen and oxygen atoms in total. The molecular formula is C16H32IN5S. The number of rotatable bonds is 9. The minimum absolute atomic E-state index is 0. The van der Waals surface area contributed by atoms with Crippen molar-refractivity contribution in [2.24, 2.45) is 4.99 Å². The summed E-state index contributed by atoms with van der Waals surface area (Å²) < 4.78 is 0. The van der Waals surface area contributed by atoms with Crippen LogP contribution in [0.1, 0.15) is 50.7 Å². The van der Waals surface area contributed by atoms with Gasteiger partial charge in [-0.2, -0.15) is 0 Å². The molecule has 0 saturated heterocycles. The fraction of sp³-hybridized carbons (Fsp3) is 0.750. The van der Waals surface area contributed by atoms with E-state index in [1.54, 1.807) is 18.4 Å². The number of guanidine groups is 1. The first kappa shape index (κ1) is 22.6. The van der Waals surface area contributed by atoms with E-state index in [2.05, 4.69) is 58.6 Å². The Morgan fingerprint density at radius 3 is 2.52 bits per heavy atom. The first-order chi connectivity index (χ1) is 10.6. The van der Waals surface area contributed by atoms with Gasteiger partial charge in [0, 0.05) is 19.0 Å². The van der Waals surface area contributed by atoms with E-state index in [0.717, 1.165) is 50.1 Å². The molecule has 0 amide bonds. The molecule has 0 aliphatic heterocycles. The number of aliphatic imine (C=N–C) groups is 1. The van der Waals surface area contributed by atoms with Crippen molar-refractivity contribution in [2.45, 2.75) is 46.6 Å². The Bertz CT molecular complexity index is 443. The quantitative estimate of drug-likeness (QED) is 0.261. The molecule has 0 spiro atoms. The van der Waals surface area contributed by atoms with E-state index in [-0.39, 0.29) is 24.0 Å². The van der Waals surface area contributed by atoms with Crippen LogP contribution in [0.15, 0.2) is 10.4 Å². The van der Waals surface area contributed by atoms with Gasteiger partial charge in [-0.3, -0.25) is 4.99 Å². The molecule has 0 aliphatic rings. The summed E-state index contributed by atoms with van der Waals surface area (Å²) in [6, 6.07) is 0. The monoisotopic (exact) mass is 453 g/mol. The Hall–Kier alpha value is -0.410. The Morgan fingerprint density at radius 1 is 1.30 bits per heavy atom. The van der Waals surface area contributed by atoms with Crippen LogP contribution in [0.5, 0.6) is 0 Å². The maximum Gasteiger partial charge on any atom is 0.191 e. The zero-order chi connectivity index (χ0) is 16.4. The molecule has 1 rings (SSSR count). The summed E-state index contributed by atoms with van der Waals surface area (Å²) in [6.07, 6.45) is 1.12. The van der Waals surface area contributed by atoms with Crippen LogP contribution in [0.2, 0.25) is 0 Å². The SMILES string of the molecule is CCN(CC)CCCNC(=NC)NCc1nc(C(C)C)cs1.I. The standard InChI is InChI=1S/C16H31N5S.HI/c1-6-21(7-2)10-8-9-18-16(17-5)19-11-15-20-14(12-22-15)13(3)4;/h12-13H,6-11H2,1-5H3,(H2,17,18,19);1H. The zero-order valence-electron chi connectivity index (χ0n) is 15.1. The lowest BCUT2D eigenvalue weighted by molar-refractivity contribution is 0.300. The Morgan fingerprint density at radius 2 is 2.00 bits per heavy atom. The Labute approximate surface area is 162 Å². The van der Waals surface area contributed by atoms with Gasteiger partial charge in [-0.05, 0) is 32.0 Å². The highest BCUT2D eigenvalue weighted by Gasteiger charge is 2.06. The van der Waals surface area contributed by atoms with E-state index in [4.69, 9.17) is 0 Å². The van der Waals surface area contributed by atoms with Crippen LogP contribution in [-0.4, -0.2) is 49.1 Å². The van der Waals surface area contributed by atoms with Gasteiger partial charge in [0.2, 0.25) is 0 Å². The van der Waals surface area contributed by atoms with Crippen molar-refractivity contribution >= 4 is 41.3 Å². The zero-order valence-corrected chi connectivity index (χ0v) is 18.2. The molecule has 1 aromatic rings. The largest absolute Gasteiger partial charge is 0.356 e. The van der Waals surface area contributed by atoms with Gasteiger partial charge in [-0.15, -0.1) is 35.3 Å². The fourth-order valence-corrected chi connectivity index (χ4v) is 3.00.